The van der Waals surface area contributed by atoms with Crippen molar-refractivity contribution < 1.29 is 13.6 Å². The van der Waals surface area contributed by atoms with Gasteiger partial charge in [-0.1, -0.05) is 13.0 Å². The zero-order valence-electron chi connectivity index (χ0n) is 10.9. The molecular formula is C14H18F2N2O. The van der Waals surface area contributed by atoms with Gasteiger partial charge < -0.3 is 10.6 Å². The van der Waals surface area contributed by atoms with E-state index in [2.05, 4.69) is 17.6 Å². The Hall–Kier alpha value is -1.49. The smallest absolute Gasteiger partial charge is 0.224 e. The summed E-state index contributed by atoms with van der Waals surface area (Å²) in [5.41, 5.74) is 0.484. The van der Waals surface area contributed by atoms with Gasteiger partial charge in [-0.05, 0) is 43.1 Å². The van der Waals surface area contributed by atoms with Crippen molar-refractivity contribution in [2.24, 2.45) is 5.92 Å². The van der Waals surface area contributed by atoms with Crippen molar-refractivity contribution in [3.05, 3.63) is 35.4 Å². The minimum atomic E-state index is -0.916. The van der Waals surface area contributed by atoms with Gasteiger partial charge >= 0.3 is 0 Å². The molecule has 1 amide bonds. The SMILES string of the molecule is CC1CNCCC1NC(=O)Cc1ccc(F)c(F)c1. The highest BCUT2D eigenvalue weighted by Gasteiger charge is 2.22. The van der Waals surface area contributed by atoms with Gasteiger partial charge in [-0.2, -0.15) is 0 Å². The fourth-order valence-electron chi connectivity index (χ4n) is 2.32. The Kier molecular flexibility index (Phi) is 4.47. The summed E-state index contributed by atoms with van der Waals surface area (Å²) in [5, 5.41) is 6.21. The van der Waals surface area contributed by atoms with Crippen LogP contribution in [0.1, 0.15) is 18.9 Å². The summed E-state index contributed by atoms with van der Waals surface area (Å²) in [6.07, 6.45) is 0.971. The van der Waals surface area contributed by atoms with Crippen LogP contribution in [0.25, 0.3) is 0 Å². The summed E-state index contributed by atoms with van der Waals surface area (Å²) in [5.74, 6) is -1.58. The first-order valence-electron chi connectivity index (χ1n) is 6.50. The van der Waals surface area contributed by atoms with E-state index in [-0.39, 0.29) is 18.4 Å². The van der Waals surface area contributed by atoms with Crippen LogP contribution in [-0.2, 0) is 11.2 Å². The van der Waals surface area contributed by atoms with Gasteiger partial charge in [-0.15, -0.1) is 0 Å². The van der Waals surface area contributed by atoms with Crippen molar-refractivity contribution in [3.63, 3.8) is 0 Å². The third kappa shape index (κ3) is 3.73. The fourth-order valence-corrected chi connectivity index (χ4v) is 2.32. The van der Waals surface area contributed by atoms with E-state index in [9.17, 15) is 13.6 Å². The summed E-state index contributed by atoms with van der Waals surface area (Å²) in [7, 11) is 0. The monoisotopic (exact) mass is 268 g/mol. The van der Waals surface area contributed by atoms with Gasteiger partial charge in [0.2, 0.25) is 5.91 Å². The number of rotatable bonds is 3. The molecule has 1 aromatic carbocycles. The van der Waals surface area contributed by atoms with Crippen LogP contribution in [0.4, 0.5) is 8.78 Å². The molecule has 5 heteroatoms. The summed E-state index contributed by atoms with van der Waals surface area (Å²) in [4.78, 5) is 11.9. The van der Waals surface area contributed by atoms with Gasteiger partial charge in [0.05, 0.1) is 6.42 Å². The highest BCUT2D eigenvalue weighted by atomic mass is 19.2. The summed E-state index contributed by atoms with van der Waals surface area (Å²) < 4.78 is 25.8. The second kappa shape index (κ2) is 6.10. The Morgan fingerprint density at radius 2 is 2.21 bits per heavy atom. The first-order chi connectivity index (χ1) is 9.06. The number of halogens is 2. The van der Waals surface area contributed by atoms with Crippen LogP contribution in [0.5, 0.6) is 0 Å². The van der Waals surface area contributed by atoms with Crippen molar-refractivity contribution in [1.82, 2.24) is 10.6 Å². The van der Waals surface area contributed by atoms with Gasteiger partial charge in [0.1, 0.15) is 0 Å². The molecule has 1 fully saturated rings. The van der Waals surface area contributed by atoms with Crippen LogP contribution in [-0.4, -0.2) is 25.0 Å². The molecule has 3 nitrogen and oxygen atoms in total. The molecule has 0 bridgehead atoms. The van der Waals surface area contributed by atoms with Crippen LogP contribution in [0.3, 0.4) is 0 Å². The minimum Gasteiger partial charge on any atom is -0.353 e. The molecule has 2 atom stereocenters. The standard InChI is InChI=1S/C14H18F2N2O/c1-9-8-17-5-4-13(9)18-14(19)7-10-2-3-11(15)12(16)6-10/h2-3,6,9,13,17H,4-5,7-8H2,1H3,(H,18,19). The second-order valence-electron chi connectivity index (χ2n) is 5.07. The predicted octanol–water partition coefficient (Wildman–Crippen LogP) is 1.62. The zero-order chi connectivity index (χ0) is 13.8. The fraction of sp³-hybridized carbons (Fsp3) is 0.500. The molecule has 19 heavy (non-hydrogen) atoms. The van der Waals surface area contributed by atoms with E-state index in [0.717, 1.165) is 31.6 Å². The number of piperidine rings is 1. The quantitative estimate of drug-likeness (QED) is 0.874. The lowest BCUT2D eigenvalue weighted by Crippen LogP contribution is -2.48. The number of carbonyl (C=O) groups is 1. The average molecular weight is 268 g/mol. The Labute approximate surface area is 111 Å². The largest absolute Gasteiger partial charge is 0.353 e. The highest BCUT2D eigenvalue weighted by molar-refractivity contribution is 5.78. The Balaban J connectivity index is 1.91. The van der Waals surface area contributed by atoms with Crippen molar-refractivity contribution in [2.75, 3.05) is 13.1 Å². The molecular weight excluding hydrogens is 250 g/mol. The van der Waals surface area contributed by atoms with Crippen LogP contribution in [0.15, 0.2) is 18.2 Å². The third-order valence-electron chi connectivity index (χ3n) is 3.48. The Bertz CT molecular complexity index is 465. The van der Waals surface area contributed by atoms with Crippen molar-refractivity contribution in [2.45, 2.75) is 25.8 Å². The molecule has 2 unspecified atom stereocenters. The van der Waals surface area contributed by atoms with Crippen molar-refractivity contribution in [1.29, 1.82) is 0 Å². The Morgan fingerprint density at radius 1 is 1.42 bits per heavy atom. The lowest BCUT2D eigenvalue weighted by Gasteiger charge is -2.30. The van der Waals surface area contributed by atoms with Gasteiger partial charge in [0.25, 0.3) is 0 Å². The normalized spacial score (nSPS) is 23.1. The van der Waals surface area contributed by atoms with E-state index in [1.807, 2.05) is 0 Å². The predicted molar refractivity (Wildman–Crippen MR) is 68.6 cm³/mol. The number of carbonyl (C=O) groups excluding carboxylic acids is 1. The van der Waals surface area contributed by atoms with Gasteiger partial charge in [-0.25, -0.2) is 8.78 Å². The van der Waals surface area contributed by atoms with E-state index in [4.69, 9.17) is 0 Å². The lowest BCUT2D eigenvalue weighted by atomic mass is 9.95. The molecule has 0 saturated carbocycles. The molecule has 1 saturated heterocycles. The van der Waals surface area contributed by atoms with Crippen LogP contribution in [0.2, 0.25) is 0 Å². The molecule has 1 aliphatic heterocycles. The van der Waals surface area contributed by atoms with E-state index < -0.39 is 11.6 Å². The van der Waals surface area contributed by atoms with Gasteiger partial charge in [-0.3, -0.25) is 4.79 Å². The molecule has 2 N–H and O–H groups in total. The number of hydrogen-bond acceptors (Lipinski definition) is 2. The molecule has 1 aromatic rings. The van der Waals surface area contributed by atoms with Crippen LogP contribution < -0.4 is 10.6 Å². The van der Waals surface area contributed by atoms with Crippen molar-refractivity contribution >= 4 is 5.91 Å². The molecule has 0 aromatic heterocycles. The number of nitrogens with one attached hydrogen (secondary N) is 2. The molecule has 1 aliphatic rings. The highest BCUT2D eigenvalue weighted by Crippen LogP contribution is 2.12. The average Bonchev–Trinajstić information content (AvgIpc) is 2.37. The second-order valence-corrected chi connectivity index (χ2v) is 5.07. The molecule has 104 valence electrons. The minimum absolute atomic E-state index is 0.0772. The molecule has 1 heterocycles. The summed E-state index contributed by atoms with van der Waals surface area (Å²) in [6.45, 7) is 3.85. The number of hydrogen-bond donors (Lipinski definition) is 2. The lowest BCUT2D eigenvalue weighted by molar-refractivity contribution is -0.121. The molecule has 2 rings (SSSR count). The van der Waals surface area contributed by atoms with E-state index in [1.165, 1.54) is 6.07 Å². The summed E-state index contributed by atoms with van der Waals surface area (Å²) >= 11 is 0. The van der Waals surface area contributed by atoms with Crippen LogP contribution >= 0.6 is 0 Å². The maximum Gasteiger partial charge on any atom is 0.224 e. The third-order valence-corrected chi connectivity index (χ3v) is 3.48. The first-order valence-corrected chi connectivity index (χ1v) is 6.50. The molecule has 0 radical (unpaired) electrons. The van der Waals surface area contributed by atoms with Gasteiger partial charge in [0.15, 0.2) is 11.6 Å². The summed E-state index contributed by atoms with van der Waals surface area (Å²) in [6, 6.07) is 3.70. The van der Waals surface area contributed by atoms with E-state index in [1.54, 1.807) is 0 Å². The van der Waals surface area contributed by atoms with E-state index >= 15 is 0 Å². The van der Waals surface area contributed by atoms with Crippen molar-refractivity contribution in [3.8, 4) is 0 Å². The maximum atomic E-state index is 13.0. The zero-order valence-corrected chi connectivity index (χ0v) is 10.9. The topological polar surface area (TPSA) is 41.1 Å². The first kappa shape index (κ1) is 13.9. The number of benzene rings is 1. The molecule has 0 spiro atoms. The number of amides is 1. The van der Waals surface area contributed by atoms with Gasteiger partial charge in [0, 0.05) is 6.04 Å². The Morgan fingerprint density at radius 3 is 2.89 bits per heavy atom. The molecule has 0 aliphatic carbocycles. The van der Waals surface area contributed by atoms with Crippen LogP contribution in [0, 0.1) is 17.6 Å². The maximum absolute atomic E-state index is 13.0. The van der Waals surface area contributed by atoms with E-state index in [0.29, 0.717) is 11.5 Å².